The van der Waals surface area contributed by atoms with E-state index in [2.05, 4.69) is 21.6 Å². The van der Waals surface area contributed by atoms with Crippen LogP contribution in [0.15, 0.2) is 18.2 Å². The number of rotatable bonds is 4. The SMILES string of the molecule is O=C1CCC(N2Cc3ccc(CN4CCC(C5CCCNC5)CC4)cc3C2=O)C(=O)N1. The minimum absolute atomic E-state index is 0.0881. The van der Waals surface area contributed by atoms with Crippen LogP contribution in [0.4, 0.5) is 0 Å². The van der Waals surface area contributed by atoms with Gasteiger partial charge in [0.05, 0.1) is 0 Å². The van der Waals surface area contributed by atoms with Crippen molar-refractivity contribution >= 4 is 17.7 Å². The molecule has 7 nitrogen and oxygen atoms in total. The predicted octanol–water partition coefficient (Wildman–Crippen LogP) is 1.66. The van der Waals surface area contributed by atoms with Crippen molar-refractivity contribution < 1.29 is 14.4 Å². The first-order chi connectivity index (χ1) is 15.1. The Morgan fingerprint density at radius 2 is 1.84 bits per heavy atom. The zero-order chi connectivity index (χ0) is 21.4. The summed E-state index contributed by atoms with van der Waals surface area (Å²) in [6.45, 7) is 5.91. The maximum absolute atomic E-state index is 13.0. The second kappa shape index (κ2) is 8.71. The summed E-state index contributed by atoms with van der Waals surface area (Å²) in [5, 5.41) is 5.92. The van der Waals surface area contributed by atoms with E-state index in [9.17, 15) is 14.4 Å². The molecule has 3 saturated heterocycles. The third kappa shape index (κ3) is 4.26. The highest BCUT2D eigenvalue weighted by molar-refractivity contribution is 6.05. The second-order valence-corrected chi connectivity index (χ2v) is 9.61. The zero-order valence-corrected chi connectivity index (χ0v) is 18.1. The van der Waals surface area contributed by atoms with Crippen LogP contribution < -0.4 is 10.6 Å². The summed E-state index contributed by atoms with van der Waals surface area (Å²) in [6.07, 6.45) is 5.90. The number of likely N-dealkylation sites (tertiary alicyclic amines) is 1. The molecule has 1 aromatic carbocycles. The Labute approximate surface area is 183 Å². The van der Waals surface area contributed by atoms with Gasteiger partial charge in [-0.1, -0.05) is 12.1 Å². The molecule has 4 heterocycles. The highest BCUT2D eigenvalue weighted by Gasteiger charge is 2.39. The lowest BCUT2D eigenvalue weighted by atomic mass is 9.80. The van der Waals surface area contributed by atoms with Gasteiger partial charge in [-0.3, -0.25) is 24.6 Å². The molecule has 3 amide bonds. The van der Waals surface area contributed by atoms with Crippen LogP contribution in [0.5, 0.6) is 0 Å². The number of carbonyl (C=O) groups excluding carboxylic acids is 3. The van der Waals surface area contributed by atoms with Crippen molar-refractivity contribution in [1.82, 2.24) is 20.4 Å². The van der Waals surface area contributed by atoms with Gasteiger partial charge in [0.15, 0.2) is 0 Å². The molecule has 5 rings (SSSR count). The van der Waals surface area contributed by atoms with Crippen LogP contribution in [-0.2, 0) is 22.7 Å². The van der Waals surface area contributed by atoms with Gasteiger partial charge in [-0.25, -0.2) is 0 Å². The van der Waals surface area contributed by atoms with Gasteiger partial charge in [-0.15, -0.1) is 0 Å². The zero-order valence-electron chi connectivity index (χ0n) is 18.1. The van der Waals surface area contributed by atoms with Gasteiger partial charge in [-0.05, 0) is 87.3 Å². The molecule has 166 valence electrons. The molecule has 0 bridgehead atoms. The highest BCUT2D eigenvalue weighted by Crippen LogP contribution is 2.31. The van der Waals surface area contributed by atoms with Crippen molar-refractivity contribution in [3.05, 3.63) is 34.9 Å². The van der Waals surface area contributed by atoms with Gasteiger partial charge in [0.1, 0.15) is 6.04 Å². The van der Waals surface area contributed by atoms with E-state index in [1.165, 1.54) is 38.8 Å². The standard InChI is InChI=1S/C24H32N4O3/c29-22-6-5-21(23(30)26-22)28-15-19-4-3-16(12-20(19)24(28)31)14-27-10-7-17(8-11-27)18-2-1-9-25-13-18/h3-4,12,17-18,21,25H,1-2,5-11,13-15H2,(H,26,29,30). The number of benzene rings is 1. The van der Waals surface area contributed by atoms with E-state index in [4.69, 9.17) is 0 Å². The molecular formula is C24H32N4O3. The van der Waals surface area contributed by atoms with E-state index in [1.807, 2.05) is 12.1 Å². The van der Waals surface area contributed by atoms with Crippen molar-refractivity contribution in [2.75, 3.05) is 26.2 Å². The second-order valence-electron chi connectivity index (χ2n) is 9.61. The Balaban J connectivity index is 1.19. The number of nitrogens with zero attached hydrogens (tertiary/aromatic N) is 2. The molecule has 4 aliphatic heterocycles. The van der Waals surface area contributed by atoms with Crippen LogP contribution in [0.3, 0.4) is 0 Å². The summed E-state index contributed by atoms with van der Waals surface area (Å²) in [5.41, 5.74) is 2.85. The van der Waals surface area contributed by atoms with Crippen LogP contribution in [0.1, 0.15) is 60.0 Å². The lowest BCUT2D eigenvalue weighted by molar-refractivity contribution is -0.136. The molecule has 2 unspecified atom stereocenters. The van der Waals surface area contributed by atoms with Gasteiger partial charge in [0.2, 0.25) is 11.8 Å². The van der Waals surface area contributed by atoms with Crippen LogP contribution in [0.2, 0.25) is 0 Å². The Morgan fingerprint density at radius 1 is 1.00 bits per heavy atom. The first-order valence-electron chi connectivity index (χ1n) is 11.8. The van der Waals surface area contributed by atoms with Gasteiger partial charge in [-0.2, -0.15) is 0 Å². The third-order valence-corrected chi connectivity index (χ3v) is 7.63. The smallest absolute Gasteiger partial charge is 0.255 e. The Kier molecular flexibility index (Phi) is 5.80. The fourth-order valence-corrected chi connectivity index (χ4v) is 5.82. The molecule has 2 atom stereocenters. The molecule has 0 aromatic heterocycles. The first kappa shape index (κ1) is 20.6. The average Bonchev–Trinajstić information content (AvgIpc) is 3.11. The molecule has 3 fully saturated rings. The molecule has 7 heteroatoms. The Bertz CT molecular complexity index is 872. The normalized spacial score (nSPS) is 28.0. The van der Waals surface area contributed by atoms with Gasteiger partial charge in [0.25, 0.3) is 5.91 Å². The summed E-state index contributed by atoms with van der Waals surface area (Å²) in [6, 6.07) is 5.63. The van der Waals surface area contributed by atoms with Crippen LogP contribution in [-0.4, -0.2) is 59.7 Å². The number of nitrogens with one attached hydrogen (secondary N) is 2. The molecule has 0 spiro atoms. The molecule has 0 aliphatic carbocycles. The first-order valence-corrected chi connectivity index (χ1v) is 11.8. The maximum Gasteiger partial charge on any atom is 0.255 e. The molecule has 0 saturated carbocycles. The lowest BCUT2D eigenvalue weighted by Gasteiger charge is -2.37. The van der Waals surface area contributed by atoms with Gasteiger partial charge >= 0.3 is 0 Å². The van der Waals surface area contributed by atoms with Crippen molar-refractivity contribution in [2.45, 2.75) is 57.7 Å². The van der Waals surface area contributed by atoms with Crippen LogP contribution in [0, 0.1) is 11.8 Å². The summed E-state index contributed by atoms with van der Waals surface area (Å²) in [5.74, 6) is 0.985. The topological polar surface area (TPSA) is 81.8 Å². The van der Waals surface area contributed by atoms with E-state index >= 15 is 0 Å². The van der Waals surface area contributed by atoms with Crippen molar-refractivity contribution in [1.29, 1.82) is 0 Å². The number of piperidine rings is 3. The largest absolute Gasteiger partial charge is 0.322 e. The Hall–Kier alpha value is -2.25. The van der Waals surface area contributed by atoms with Crippen LogP contribution >= 0.6 is 0 Å². The minimum atomic E-state index is -0.547. The van der Waals surface area contributed by atoms with E-state index in [1.54, 1.807) is 4.90 Å². The monoisotopic (exact) mass is 424 g/mol. The van der Waals surface area contributed by atoms with Crippen molar-refractivity contribution in [2.24, 2.45) is 11.8 Å². The number of carbonyl (C=O) groups is 3. The van der Waals surface area contributed by atoms with Gasteiger partial charge in [0, 0.05) is 25.1 Å². The summed E-state index contributed by atoms with van der Waals surface area (Å²) < 4.78 is 0. The number of imide groups is 1. The van der Waals surface area contributed by atoms with E-state index in [0.717, 1.165) is 42.6 Å². The quantitative estimate of drug-likeness (QED) is 0.719. The minimum Gasteiger partial charge on any atom is -0.322 e. The Morgan fingerprint density at radius 3 is 2.58 bits per heavy atom. The molecule has 31 heavy (non-hydrogen) atoms. The van der Waals surface area contributed by atoms with Crippen LogP contribution in [0.25, 0.3) is 0 Å². The fourth-order valence-electron chi connectivity index (χ4n) is 5.82. The van der Waals surface area contributed by atoms with Crippen molar-refractivity contribution in [3.8, 4) is 0 Å². The average molecular weight is 425 g/mol. The molecule has 1 aromatic rings. The van der Waals surface area contributed by atoms with E-state index in [-0.39, 0.29) is 24.1 Å². The fraction of sp³-hybridized carbons (Fsp3) is 0.625. The summed E-state index contributed by atoms with van der Waals surface area (Å²) in [4.78, 5) is 40.8. The van der Waals surface area contributed by atoms with E-state index < -0.39 is 6.04 Å². The van der Waals surface area contributed by atoms with Crippen molar-refractivity contribution in [3.63, 3.8) is 0 Å². The number of amides is 3. The molecular weight excluding hydrogens is 392 g/mol. The maximum atomic E-state index is 13.0. The molecule has 0 radical (unpaired) electrons. The number of fused-ring (bicyclic) bond motifs is 1. The molecule has 4 aliphatic rings. The highest BCUT2D eigenvalue weighted by atomic mass is 16.2. The number of hydrogen-bond acceptors (Lipinski definition) is 5. The summed E-state index contributed by atoms with van der Waals surface area (Å²) in [7, 11) is 0. The summed E-state index contributed by atoms with van der Waals surface area (Å²) >= 11 is 0. The van der Waals surface area contributed by atoms with Gasteiger partial charge < -0.3 is 10.2 Å². The predicted molar refractivity (Wildman–Crippen MR) is 116 cm³/mol. The van der Waals surface area contributed by atoms with E-state index in [0.29, 0.717) is 18.5 Å². The molecule has 2 N–H and O–H groups in total. The number of hydrogen-bond donors (Lipinski definition) is 2. The lowest BCUT2D eigenvalue weighted by Crippen LogP contribution is -2.52. The third-order valence-electron chi connectivity index (χ3n) is 7.63.